The molecule has 1 aromatic carbocycles. The Hall–Kier alpha value is -0.900. The van der Waals surface area contributed by atoms with Gasteiger partial charge in [-0.25, -0.2) is 0 Å². The minimum atomic E-state index is -0.245. The molecule has 17 heavy (non-hydrogen) atoms. The van der Waals surface area contributed by atoms with E-state index in [1.54, 1.807) is 0 Å². The zero-order valence-electron chi connectivity index (χ0n) is 10.1. The second kappa shape index (κ2) is 4.77. The van der Waals surface area contributed by atoms with Crippen LogP contribution in [0.25, 0.3) is 0 Å². The maximum absolute atomic E-state index is 9.96. The largest absolute Gasteiger partial charge is 0.390 e. The van der Waals surface area contributed by atoms with Crippen LogP contribution in [-0.2, 0) is 13.1 Å². The number of nitrogens with one attached hydrogen (secondary N) is 1. The molecule has 1 unspecified atom stereocenters. The molecule has 0 radical (unpaired) electrons. The van der Waals surface area contributed by atoms with Crippen molar-refractivity contribution < 1.29 is 5.11 Å². The number of hydrogen-bond acceptors (Lipinski definition) is 3. The van der Waals surface area contributed by atoms with Gasteiger partial charge < -0.3 is 10.4 Å². The minimum absolute atomic E-state index is 0.245. The van der Waals surface area contributed by atoms with E-state index in [1.165, 1.54) is 24.0 Å². The Bertz CT molecular complexity index is 365. The van der Waals surface area contributed by atoms with E-state index < -0.39 is 0 Å². The summed E-state index contributed by atoms with van der Waals surface area (Å²) in [5.41, 5.74) is 2.82. The second-order valence-electron chi connectivity index (χ2n) is 5.27. The molecule has 3 nitrogen and oxygen atoms in total. The molecule has 1 heterocycles. The molecule has 2 N–H and O–H groups in total. The average molecular weight is 232 g/mol. The van der Waals surface area contributed by atoms with E-state index in [0.29, 0.717) is 6.04 Å². The van der Waals surface area contributed by atoms with Gasteiger partial charge in [-0.3, -0.25) is 4.90 Å². The van der Waals surface area contributed by atoms with Crippen molar-refractivity contribution in [1.82, 2.24) is 10.2 Å². The van der Waals surface area contributed by atoms with Crippen LogP contribution in [0.4, 0.5) is 0 Å². The molecule has 0 bridgehead atoms. The van der Waals surface area contributed by atoms with Crippen molar-refractivity contribution in [2.24, 2.45) is 0 Å². The smallest absolute Gasteiger partial charge is 0.0791 e. The third-order valence-electron chi connectivity index (χ3n) is 3.59. The number of aliphatic hydroxyl groups excluding tert-OH is 1. The molecule has 3 rings (SSSR count). The fourth-order valence-corrected chi connectivity index (χ4v) is 2.49. The fourth-order valence-electron chi connectivity index (χ4n) is 2.49. The van der Waals surface area contributed by atoms with Gasteiger partial charge in [0, 0.05) is 32.2 Å². The maximum atomic E-state index is 9.96. The lowest BCUT2D eigenvalue weighted by Gasteiger charge is -2.19. The molecule has 1 fully saturated rings. The van der Waals surface area contributed by atoms with Gasteiger partial charge in [0.25, 0.3) is 0 Å². The topological polar surface area (TPSA) is 35.5 Å². The van der Waals surface area contributed by atoms with Gasteiger partial charge in [-0.15, -0.1) is 0 Å². The summed E-state index contributed by atoms with van der Waals surface area (Å²) in [7, 11) is 0. The molecule has 2 aliphatic rings. The first kappa shape index (κ1) is 11.2. The van der Waals surface area contributed by atoms with Gasteiger partial charge in [-0.2, -0.15) is 0 Å². The van der Waals surface area contributed by atoms with E-state index >= 15 is 0 Å². The number of aliphatic hydroxyl groups is 1. The van der Waals surface area contributed by atoms with Gasteiger partial charge in [0.15, 0.2) is 0 Å². The van der Waals surface area contributed by atoms with Crippen LogP contribution in [0.2, 0.25) is 0 Å². The summed E-state index contributed by atoms with van der Waals surface area (Å²) in [6.45, 7) is 3.47. The Morgan fingerprint density at radius 1 is 1.24 bits per heavy atom. The molecule has 0 aromatic heterocycles. The van der Waals surface area contributed by atoms with Crippen molar-refractivity contribution in [3.05, 3.63) is 35.4 Å². The Kier molecular flexibility index (Phi) is 3.14. The molecule has 1 atom stereocenters. The Balaban J connectivity index is 1.47. The van der Waals surface area contributed by atoms with E-state index in [1.807, 2.05) is 0 Å². The minimum Gasteiger partial charge on any atom is -0.390 e. The van der Waals surface area contributed by atoms with Crippen molar-refractivity contribution in [2.45, 2.75) is 38.1 Å². The van der Waals surface area contributed by atoms with Gasteiger partial charge in [-0.1, -0.05) is 24.3 Å². The third-order valence-corrected chi connectivity index (χ3v) is 3.59. The number of β-amino-alcohol motifs (C(OH)–C–C–N with tert-alkyl or cyclic N) is 1. The van der Waals surface area contributed by atoms with E-state index in [9.17, 15) is 5.11 Å². The number of rotatable bonds is 5. The van der Waals surface area contributed by atoms with Crippen molar-refractivity contribution >= 4 is 0 Å². The SMILES string of the molecule is OC(CNC1CC1)CN1Cc2ccccc2C1. The van der Waals surface area contributed by atoms with Crippen LogP contribution in [-0.4, -0.2) is 35.2 Å². The lowest BCUT2D eigenvalue weighted by atomic mass is 10.1. The predicted molar refractivity (Wildman–Crippen MR) is 67.6 cm³/mol. The van der Waals surface area contributed by atoms with Crippen molar-refractivity contribution in [3.8, 4) is 0 Å². The number of fused-ring (bicyclic) bond motifs is 1. The summed E-state index contributed by atoms with van der Waals surface area (Å²) in [6.07, 6.45) is 2.31. The standard InChI is InChI=1S/C14H20N2O/c17-14(7-15-13-5-6-13)10-16-8-11-3-1-2-4-12(11)9-16/h1-4,13-15,17H,5-10H2. The summed E-state index contributed by atoms with van der Waals surface area (Å²) < 4.78 is 0. The van der Waals surface area contributed by atoms with Crippen LogP contribution in [0, 0.1) is 0 Å². The molecular weight excluding hydrogens is 212 g/mol. The normalized spacial score (nSPS) is 21.5. The van der Waals surface area contributed by atoms with Crippen LogP contribution in [0.3, 0.4) is 0 Å². The first-order valence-corrected chi connectivity index (χ1v) is 6.52. The molecule has 0 saturated heterocycles. The van der Waals surface area contributed by atoms with Crippen LogP contribution < -0.4 is 5.32 Å². The molecule has 1 aliphatic carbocycles. The molecule has 1 aromatic rings. The van der Waals surface area contributed by atoms with Crippen LogP contribution >= 0.6 is 0 Å². The summed E-state index contributed by atoms with van der Waals surface area (Å²) >= 11 is 0. The number of benzene rings is 1. The van der Waals surface area contributed by atoms with Crippen LogP contribution in [0.1, 0.15) is 24.0 Å². The summed E-state index contributed by atoms with van der Waals surface area (Å²) in [5.74, 6) is 0. The van der Waals surface area contributed by atoms with E-state index in [-0.39, 0.29) is 6.10 Å². The molecule has 0 spiro atoms. The van der Waals surface area contributed by atoms with Gasteiger partial charge in [-0.05, 0) is 24.0 Å². The summed E-state index contributed by atoms with van der Waals surface area (Å²) in [4.78, 5) is 2.32. The van der Waals surface area contributed by atoms with Gasteiger partial charge in [0.2, 0.25) is 0 Å². The highest BCUT2D eigenvalue weighted by Gasteiger charge is 2.23. The third kappa shape index (κ3) is 2.86. The Labute approximate surface area is 102 Å². The second-order valence-corrected chi connectivity index (χ2v) is 5.27. The average Bonchev–Trinajstić information content (AvgIpc) is 3.06. The quantitative estimate of drug-likeness (QED) is 0.798. The molecule has 0 amide bonds. The van der Waals surface area contributed by atoms with Crippen LogP contribution in [0.5, 0.6) is 0 Å². The summed E-state index contributed by atoms with van der Waals surface area (Å²) in [6, 6.07) is 9.23. The monoisotopic (exact) mass is 232 g/mol. The first-order chi connectivity index (χ1) is 8.31. The van der Waals surface area contributed by atoms with E-state index in [2.05, 4.69) is 34.5 Å². The molecule has 1 aliphatic heterocycles. The molecule has 1 saturated carbocycles. The Morgan fingerprint density at radius 2 is 1.88 bits per heavy atom. The van der Waals surface area contributed by atoms with Gasteiger partial charge in [0.1, 0.15) is 0 Å². The Morgan fingerprint density at radius 3 is 2.47 bits per heavy atom. The molecule has 92 valence electrons. The highest BCUT2D eigenvalue weighted by atomic mass is 16.3. The predicted octanol–water partition coefficient (Wildman–Crippen LogP) is 1.12. The van der Waals surface area contributed by atoms with Crippen molar-refractivity contribution in [1.29, 1.82) is 0 Å². The van der Waals surface area contributed by atoms with E-state index in [4.69, 9.17) is 0 Å². The van der Waals surface area contributed by atoms with E-state index in [0.717, 1.165) is 26.2 Å². The zero-order chi connectivity index (χ0) is 11.7. The van der Waals surface area contributed by atoms with Crippen LogP contribution in [0.15, 0.2) is 24.3 Å². The maximum Gasteiger partial charge on any atom is 0.0791 e. The lowest BCUT2D eigenvalue weighted by Crippen LogP contribution is -2.36. The number of nitrogens with zero attached hydrogens (tertiary/aromatic N) is 1. The highest BCUT2D eigenvalue weighted by Crippen LogP contribution is 2.22. The van der Waals surface area contributed by atoms with Gasteiger partial charge >= 0.3 is 0 Å². The summed E-state index contributed by atoms with van der Waals surface area (Å²) in [5, 5.41) is 13.3. The molecule has 3 heteroatoms. The first-order valence-electron chi connectivity index (χ1n) is 6.52. The fraction of sp³-hybridized carbons (Fsp3) is 0.571. The lowest BCUT2D eigenvalue weighted by molar-refractivity contribution is 0.110. The highest BCUT2D eigenvalue weighted by molar-refractivity contribution is 5.30. The number of hydrogen-bond donors (Lipinski definition) is 2. The zero-order valence-corrected chi connectivity index (χ0v) is 10.1. The molecular formula is C14H20N2O. The van der Waals surface area contributed by atoms with Crippen molar-refractivity contribution in [3.63, 3.8) is 0 Å². The van der Waals surface area contributed by atoms with Crippen molar-refractivity contribution in [2.75, 3.05) is 13.1 Å². The van der Waals surface area contributed by atoms with Gasteiger partial charge in [0.05, 0.1) is 6.10 Å².